The number of carboxylic acid groups (broad SMARTS) is 1. The van der Waals surface area contributed by atoms with Crippen molar-refractivity contribution < 1.29 is 91.9 Å². The molecule has 0 unspecified atom stereocenters. The number of likely N-dealkylation sites (N-methyl/N-ethyl adjacent to an activating group) is 1. The number of imide groups is 1. The highest BCUT2D eigenvalue weighted by molar-refractivity contribution is 6.31. The van der Waals surface area contributed by atoms with Gasteiger partial charge in [-0.15, -0.1) is 0 Å². The van der Waals surface area contributed by atoms with E-state index in [1.165, 1.54) is 37.3 Å². The van der Waals surface area contributed by atoms with Gasteiger partial charge in [0, 0.05) is 43.0 Å². The summed E-state index contributed by atoms with van der Waals surface area (Å²) in [6.45, 7) is 6.87. The van der Waals surface area contributed by atoms with Gasteiger partial charge in [-0.3, -0.25) is 19.3 Å². The number of hydrogen-bond donors (Lipinski definition) is 5. The Bertz CT molecular complexity index is 2600. The summed E-state index contributed by atoms with van der Waals surface area (Å²) in [5, 5.41) is 49.9. The van der Waals surface area contributed by atoms with Crippen LogP contribution in [-0.2, 0) is 49.4 Å². The third-order valence-electron chi connectivity index (χ3n) is 11.9. The van der Waals surface area contributed by atoms with Crippen molar-refractivity contribution in [1.29, 1.82) is 0 Å². The first kappa shape index (κ1) is 56.8. The lowest BCUT2D eigenvalue weighted by molar-refractivity contribution is -0.271. The third kappa shape index (κ3) is 14.8. The summed E-state index contributed by atoms with van der Waals surface area (Å²) < 4.78 is 49.6. The van der Waals surface area contributed by atoms with Gasteiger partial charge in [0.2, 0.25) is 6.29 Å². The minimum atomic E-state index is -1.98. The number of amides is 4. The van der Waals surface area contributed by atoms with Crippen molar-refractivity contribution in [3.8, 4) is 11.5 Å². The van der Waals surface area contributed by atoms with E-state index in [4.69, 9.17) is 47.5 Å². The SMILES string of the molecule is CC/C(C)=N\OCCOCCOCCOCCOCCOCCNC(=O)c1cc(COC(=O)N(C)CCN2C(=O)c3ccc(OC)c4cc5ccccc5c(c34)C2=O)ccc1O[C@@H]1O[C@H](C(=O)O)[C@@H](O)[C@H](O)[C@H]1O. The first-order valence-electron chi connectivity index (χ1n) is 24.1. The maximum absolute atomic E-state index is 14.1. The quantitative estimate of drug-likeness (QED) is 0.0165. The van der Waals surface area contributed by atoms with E-state index >= 15 is 0 Å². The topological polar surface area (TPSA) is 289 Å². The van der Waals surface area contributed by atoms with Crippen LogP contribution in [0.3, 0.4) is 0 Å². The van der Waals surface area contributed by atoms with E-state index in [1.54, 1.807) is 18.2 Å². The van der Waals surface area contributed by atoms with Crippen LogP contribution in [-0.4, -0.2) is 203 Å². The number of nitrogens with zero attached hydrogens (tertiary/aromatic N) is 3. The number of fused-ring (bicyclic) bond motifs is 2. The molecule has 1 saturated heterocycles. The zero-order valence-corrected chi connectivity index (χ0v) is 41.7. The molecule has 5 N–H and O–H groups in total. The van der Waals surface area contributed by atoms with Gasteiger partial charge in [-0.1, -0.05) is 42.4 Å². The van der Waals surface area contributed by atoms with E-state index in [0.717, 1.165) is 22.4 Å². The van der Waals surface area contributed by atoms with Crippen LogP contribution >= 0.6 is 0 Å². The third-order valence-corrected chi connectivity index (χ3v) is 11.9. The summed E-state index contributed by atoms with van der Waals surface area (Å²) in [5.41, 5.74) is 1.72. The molecular formula is C51H64N4O19. The molecule has 1 fully saturated rings. The lowest BCUT2D eigenvalue weighted by Crippen LogP contribution is -2.61. The summed E-state index contributed by atoms with van der Waals surface area (Å²) >= 11 is 0. The Hall–Kier alpha value is -6.54. The van der Waals surface area contributed by atoms with Gasteiger partial charge in [-0.05, 0) is 60.0 Å². The van der Waals surface area contributed by atoms with Crippen LogP contribution in [0.4, 0.5) is 4.79 Å². The normalized spacial score (nSPS) is 18.7. The zero-order chi connectivity index (χ0) is 53.1. The summed E-state index contributed by atoms with van der Waals surface area (Å²) in [7, 11) is 2.95. The van der Waals surface area contributed by atoms with E-state index in [0.29, 0.717) is 91.5 Å². The van der Waals surface area contributed by atoms with E-state index in [-0.39, 0.29) is 57.4 Å². The Morgan fingerprint density at radius 3 is 2.05 bits per heavy atom. The number of ether oxygens (including phenoxy) is 9. The molecule has 23 heteroatoms. The molecule has 23 nitrogen and oxygen atoms in total. The first-order valence-corrected chi connectivity index (χ1v) is 24.1. The molecule has 4 aromatic carbocycles. The number of aliphatic hydroxyl groups excluding tert-OH is 3. The molecule has 2 aliphatic heterocycles. The molecule has 2 aliphatic rings. The van der Waals surface area contributed by atoms with Crippen molar-refractivity contribution >= 4 is 57.0 Å². The molecule has 5 atom stereocenters. The maximum Gasteiger partial charge on any atom is 0.409 e. The van der Waals surface area contributed by atoms with Gasteiger partial charge in [0.25, 0.3) is 17.7 Å². The molecule has 74 heavy (non-hydrogen) atoms. The van der Waals surface area contributed by atoms with Gasteiger partial charge in [-0.2, -0.15) is 0 Å². The maximum atomic E-state index is 14.1. The minimum Gasteiger partial charge on any atom is -0.496 e. The lowest BCUT2D eigenvalue weighted by atomic mass is 9.89. The zero-order valence-electron chi connectivity index (χ0n) is 41.7. The molecule has 0 aromatic heterocycles. The van der Waals surface area contributed by atoms with Gasteiger partial charge in [0.05, 0.1) is 90.0 Å². The summed E-state index contributed by atoms with van der Waals surface area (Å²) in [4.78, 5) is 74.0. The van der Waals surface area contributed by atoms with Crippen molar-refractivity contribution in [3.05, 3.63) is 82.9 Å². The number of carbonyl (C=O) groups is 5. The fourth-order valence-corrected chi connectivity index (χ4v) is 7.76. The smallest absolute Gasteiger partial charge is 0.409 e. The molecule has 4 aromatic rings. The second kappa shape index (κ2) is 28.2. The highest BCUT2D eigenvalue weighted by Crippen LogP contribution is 2.40. The number of rotatable bonds is 30. The Morgan fingerprint density at radius 2 is 1.41 bits per heavy atom. The predicted octanol–water partition coefficient (Wildman–Crippen LogP) is 2.75. The minimum absolute atomic E-state index is 0.0130. The second-order valence-corrected chi connectivity index (χ2v) is 17.0. The van der Waals surface area contributed by atoms with Crippen LogP contribution in [0.1, 0.15) is 56.9 Å². The van der Waals surface area contributed by atoms with E-state index in [9.17, 15) is 44.4 Å². The van der Waals surface area contributed by atoms with E-state index in [2.05, 4.69) is 10.5 Å². The Kier molecular flexibility index (Phi) is 21.6. The number of nitrogens with one attached hydrogen (secondary N) is 1. The number of aliphatic carboxylic acids is 1. The predicted molar refractivity (Wildman–Crippen MR) is 263 cm³/mol. The molecule has 0 spiro atoms. The number of benzene rings is 4. The monoisotopic (exact) mass is 1040 g/mol. The Balaban J connectivity index is 0.968. The largest absolute Gasteiger partial charge is 0.496 e. The van der Waals surface area contributed by atoms with Crippen molar-refractivity contribution in [2.45, 2.75) is 57.6 Å². The molecular weight excluding hydrogens is 973 g/mol. The van der Waals surface area contributed by atoms with Gasteiger partial charge < -0.3 is 78.1 Å². The van der Waals surface area contributed by atoms with Crippen LogP contribution in [0.25, 0.3) is 21.5 Å². The summed E-state index contributed by atoms with van der Waals surface area (Å²) in [5.74, 6) is -3.10. The number of methoxy groups -OCH3 is 1. The lowest BCUT2D eigenvalue weighted by Gasteiger charge is -2.38. The van der Waals surface area contributed by atoms with E-state index in [1.807, 2.05) is 38.1 Å². The molecule has 0 radical (unpaired) electrons. The molecule has 0 aliphatic carbocycles. The van der Waals surface area contributed by atoms with Crippen molar-refractivity contribution in [2.24, 2.45) is 5.16 Å². The molecule has 402 valence electrons. The molecule has 0 saturated carbocycles. The van der Waals surface area contributed by atoms with Crippen LogP contribution < -0.4 is 14.8 Å². The number of aliphatic hydroxyl groups is 3. The van der Waals surface area contributed by atoms with Crippen LogP contribution in [0, 0.1) is 0 Å². The van der Waals surface area contributed by atoms with Gasteiger partial charge in [0.1, 0.15) is 43.0 Å². The highest BCUT2D eigenvalue weighted by atomic mass is 16.7. The van der Waals surface area contributed by atoms with Crippen molar-refractivity contribution in [3.63, 3.8) is 0 Å². The van der Waals surface area contributed by atoms with E-state index < -0.39 is 60.5 Å². The molecule has 2 heterocycles. The van der Waals surface area contributed by atoms with Crippen LogP contribution in [0.2, 0.25) is 0 Å². The van der Waals surface area contributed by atoms with Crippen LogP contribution in [0.15, 0.2) is 65.8 Å². The first-order chi connectivity index (χ1) is 35.7. The number of oxime groups is 1. The van der Waals surface area contributed by atoms with Crippen LogP contribution in [0.5, 0.6) is 11.5 Å². The standard InChI is InChI=1S/C51H64N4O19/c1-5-31(2)53-72-27-26-70-25-24-69-23-22-68-21-20-67-19-18-66-17-14-52-46(59)37-28-32(10-12-39(37)73-50-44(58)42(56)43(57)45(74-50)49(62)63)30-71-51(64)54(3)15-16-55-47(60)35-11-13-38(65-4)36-29-33-8-6-7-9-34(33)41(40(35)36)48(55)61/h6-13,28-29,42-45,50,56-58H,5,14-27,30H2,1-4H3,(H,52,59)(H,62,63)/b53-31-/t42-,43-,44+,45-,50+/m0/s1. The summed E-state index contributed by atoms with van der Waals surface area (Å²) in [6, 6.07) is 16.6. The Morgan fingerprint density at radius 1 is 0.770 bits per heavy atom. The average molecular weight is 1040 g/mol. The van der Waals surface area contributed by atoms with Gasteiger partial charge in [-0.25, -0.2) is 9.59 Å². The Labute approximate surface area is 426 Å². The number of carbonyl (C=O) groups excluding carboxylic acids is 4. The fraction of sp³-hybridized carbons (Fsp3) is 0.490. The number of carboxylic acids is 1. The second-order valence-electron chi connectivity index (χ2n) is 17.0. The van der Waals surface area contributed by atoms with Gasteiger partial charge in [0.15, 0.2) is 6.10 Å². The van der Waals surface area contributed by atoms with Crippen molar-refractivity contribution in [1.82, 2.24) is 15.1 Å². The average Bonchev–Trinajstić information content (AvgIpc) is 3.40. The summed E-state index contributed by atoms with van der Waals surface area (Å²) in [6.07, 6.45) is -9.67. The molecule has 6 rings (SSSR count). The fourth-order valence-electron chi connectivity index (χ4n) is 7.76. The molecule has 4 amide bonds. The van der Waals surface area contributed by atoms with Crippen molar-refractivity contribution in [2.75, 3.05) is 106 Å². The number of hydrogen-bond acceptors (Lipinski definition) is 19. The van der Waals surface area contributed by atoms with Gasteiger partial charge >= 0.3 is 12.1 Å². The molecule has 0 bridgehead atoms. The highest BCUT2D eigenvalue weighted by Gasteiger charge is 2.48.